The Morgan fingerprint density at radius 1 is 1.30 bits per heavy atom. The molecule has 0 unspecified atom stereocenters. The van der Waals surface area contributed by atoms with Gasteiger partial charge in [0.25, 0.3) is 5.91 Å². The van der Waals surface area contributed by atoms with Gasteiger partial charge in [0.1, 0.15) is 5.82 Å². The van der Waals surface area contributed by atoms with E-state index in [1.165, 1.54) is 43.4 Å². The van der Waals surface area contributed by atoms with Crippen LogP contribution in [0.3, 0.4) is 0 Å². The van der Waals surface area contributed by atoms with E-state index in [1.807, 2.05) is 6.07 Å². The molecule has 0 aromatic carbocycles. The molecule has 1 fully saturated rings. The zero-order chi connectivity index (χ0) is 14.4. The molecule has 0 aliphatic heterocycles. The van der Waals surface area contributed by atoms with Crippen LogP contribution in [0, 0.1) is 5.92 Å². The second kappa shape index (κ2) is 7.22. The topological polar surface area (TPSA) is 58.1 Å². The molecule has 1 saturated carbocycles. The van der Waals surface area contributed by atoms with E-state index in [0.717, 1.165) is 18.3 Å². The first-order valence-electron chi connectivity index (χ1n) is 7.46. The van der Waals surface area contributed by atoms with Gasteiger partial charge in [-0.15, -0.1) is 10.2 Å². The van der Waals surface area contributed by atoms with Crippen LogP contribution in [0.15, 0.2) is 12.1 Å². The fourth-order valence-corrected chi connectivity index (χ4v) is 2.68. The van der Waals surface area contributed by atoms with Crippen LogP contribution < -0.4 is 5.32 Å². The van der Waals surface area contributed by atoms with E-state index in [2.05, 4.69) is 15.5 Å². The molecule has 5 heteroatoms. The summed E-state index contributed by atoms with van der Waals surface area (Å²) in [5.74, 6) is 1.56. The molecule has 110 valence electrons. The van der Waals surface area contributed by atoms with Gasteiger partial charge in [-0.05, 0) is 30.9 Å². The maximum absolute atomic E-state index is 11.7. The molecule has 1 amide bonds. The Balaban J connectivity index is 1.72. The van der Waals surface area contributed by atoms with Gasteiger partial charge in [0.2, 0.25) is 0 Å². The fourth-order valence-electron chi connectivity index (χ4n) is 2.68. The highest BCUT2D eigenvalue weighted by Crippen LogP contribution is 2.28. The van der Waals surface area contributed by atoms with Gasteiger partial charge in [0, 0.05) is 20.6 Å². The molecule has 1 aliphatic carbocycles. The predicted molar refractivity (Wildman–Crippen MR) is 79.7 cm³/mol. The molecule has 20 heavy (non-hydrogen) atoms. The molecule has 1 aromatic heterocycles. The van der Waals surface area contributed by atoms with Crippen LogP contribution in [-0.2, 0) is 0 Å². The number of carbonyl (C=O) groups excluding carboxylic acids is 1. The number of hydrogen-bond donors (Lipinski definition) is 1. The highest BCUT2D eigenvalue weighted by molar-refractivity contribution is 5.91. The summed E-state index contributed by atoms with van der Waals surface area (Å²) >= 11 is 0. The third kappa shape index (κ3) is 4.18. The molecule has 0 saturated heterocycles. The molecule has 1 aromatic rings. The monoisotopic (exact) mass is 276 g/mol. The summed E-state index contributed by atoms with van der Waals surface area (Å²) in [4.78, 5) is 13.2. The average Bonchev–Trinajstić information content (AvgIpc) is 2.96. The molecule has 5 nitrogen and oxygen atoms in total. The van der Waals surface area contributed by atoms with Gasteiger partial charge in [-0.1, -0.05) is 25.7 Å². The zero-order valence-electron chi connectivity index (χ0n) is 12.4. The van der Waals surface area contributed by atoms with Crippen molar-refractivity contribution < 1.29 is 4.79 Å². The second-order valence-corrected chi connectivity index (χ2v) is 5.72. The number of anilines is 1. The van der Waals surface area contributed by atoms with Crippen LogP contribution in [0.1, 0.15) is 49.0 Å². The van der Waals surface area contributed by atoms with E-state index in [9.17, 15) is 4.79 Å². The minimum atomic E-state index is -0.120. The van der Waals surface area contributed by atoms with Crippen LogP contribution >= 0.6 is 0 Å². The first kappa shape index (κ1) is 14.8. The third-order valence-electron chi connectivity index (χ3n) is 3.86. The lowest BCUT2D eigenvalue weighted by Crippen LogP contribution is -2.23. The normalized spacial score (nSPS) is 15.3. The highest BCUT2D eigenvalue weighted by Gasteiger charge is 2.14. The molecule has 1 heterocycles. The van der Waals surface area contributed by atoms with E-state index in [4.69, 9.17) is 0 Å². The smallest absolute Gasteiger partial charge is 0.273 e. The summed E-state index contributed by atoms with van der Waals surface area (Å²) in [6, 6.07) is 3.54. The number of nitrogens with zero attached hydrogens (tertiary/aromatic N) is 3. The standard InChI is InChI=1S/C15H24N4O/c1-19(2)15(20)13-9-10-14(18-17-13)16-11-5-8-12-6-3-4-7-12/h9-10,12H,3-8,11H2,1-2H3,(H,16,18). The maximum atomic E-state index is 11.7. The van der Waals surface area contributed by atoms with Crippen molar-refractivity contribution in [3.05, 3.63) is 17.8 Å². The number of carbonyl (C=O) groups is 1. The number of amides is 1. The second-order valence-electron chi connectivity index (χ2n) is 5.72. The molecular formula is C15H24N4O. The summed E-state index contributed by atoms with van der Waals surface area (Å²) in [5, 5.41) is 11.3. The molecule has 0 atom stereocenters. The first-order valence-corrected chi connectivity index (χ1v) is 7.46. The SMILES string of the molecule is CN(C)C(=O)c1ccc(NCCCC2CCCC2)nn1. The Bertz CT molecular complexity index is 424. The van der Waals surface area contributed by atoms with Gasteiger partial charge in [0.15, 0.2) is 5.69 Å². The first-order chi connectivity index (χ1) is 9.66. The fraction of sp³-hybridized carbons (Fsp3) is 0.667. The van der Waals surface area contributed by atoms with E-state index >= 15 is 0 Å². The number of hydrogen-bond acceptors (Lipinski definition) is 4. The van der Waals surface area contributed by atoms with Crippen molar-refractivity contribution in [2.24, 2.45) is 5.92 Å². The third-order valence-corrected chi connectivity index (χ3v) is 3.86. The summed E-state index contributed by atoms with van der Waals surface area (Å²) in [7, 11) is 3.42. The number of aromatic nitrogens is 2. The van der Waals surface area contributed by atoms with Crippen molar-refractivity contribution in [1.29, 1.82) is 0 Å². The summed E-state index contributed by atoms with van der Waals surface area (Å²) in [6.45, 7) is 0.923. The Morgan fingerprint density at radius 3 is 2.65 bits per heavy atom. The minimum absolute atomic E-state index is 0.120. The van der Waals surface area contributed by atoms with Crippen LogP contribution in [0.4, 0.5) is 5.82 Å². The predicted octanol–water partition coefficient (Wildman–Crippen LogP) is 2.56. The quantitative estimate of drug-likeness (QED) is 0.811. The summed E-state index contributed by atoms with van der Waals surface area (Å²) in [5.41, 5.74) is 0.381. The molecule has 0 radical (unpaired) electrons. The lowest BCUT2D eigenvalue weighted by Gasteiger charge is -2.10. The largest absolute Gasteiger partial charge is 0.369 e. The molecule has 1 aliphatic rings. The van der Waals surface area contributed by atoms with Crippen molar-refractivity contribution in [2.45, 2.75) is 38.5 Å². The van der Waals surface area contributed by atoms with Crippen LogP contribution in [0.2, 0.25) is 0 Å². The number of rotatable bonds is 6. The van der Waals surface area contributed by atoms with Crippen molar-refractivity contribution in [3.8, 4) is 0 Å². The van der Waals surface area contributed by atoms with E-state index in [1.54, 1.807) is 20.2 Å². The van der Waals surface area contributed by atoms with Crippen molar-refractivity contribution in [1.82, 2.24) is 15.1 Å². The lowest BCUT2D eigenvalue weighted by molar-refractivity contribution is 0.0821. The van der Waals surface area contributed by atoms with Gasteiger partial charge < -0.3 is 10.2 Å². The van der Waals surface area contributed by atoms with Crippen LogP contribution in [-0.4, -0.2) is 41.6 Å². The van der Waals surface area contributed by atoms with Crippen molar-refractivity contribution in [3.63, 3.8) is 0 Å². The van der Waals surface area contributed by atoms with Gasteiger partial charge in [0.05, 0.1) is 0 Å². The Morgan fingerprint density at radius 2 is 2.05 bits per heavy atom. The zero-order valence-corrected chi connectivity index (χ0v) is 12.4. The Hall–Kier alpha value is -1.65. The molecule has 2 rings (SSSR count). The van der Waals surface area contributed by atoms with E-state index < -0.39 is 0 Å². The average molecular weight is 276 g/mol. The Kier molecular flexibility index (Phi) is 5.32. The van der Waals surface area contributed by atoms with E-state index in [-0.39, 0.29) is 5.91 Å². The van der Waals surface area contributed by atoms with E-state index in [0.29, 0.717) is 5.69 Å². The molecular weight excluding hydrogens is 252 g/mol. The van der Waals surface area contributed by atoms with Crippen LogP contribution in [0.25, 0.3) is 0 Å². The van der Waals surface area contributed by atoms with Crippen LogP contribution in [0.5, 0.6) is 0 Å². The Labute approximate surface area is 120 Å². The molecule has 0 bridgehead atoms. The van der Waals surface area contributed by atoms with Crippen molar-refractivity contribution in [2.75, 3.05) is 26.0 Å². The molecule has 0 spiro atoms. The molecule has 1 N–H and O–H groups in total. The van der Waals surface area contributed by atoms with Crippen molar-refractivity contribution >= 4 is 11.7 Å². The van der Waals surface area contributed by atoms with Gasteiger partial charge in [-0.25, -0.2) is 0 Å². The van der Waals surface area contributed by atoms with Gasteiger partial charge in [-0.3, -0.25) is 4.79 Å². The van der Waals surface area contributed by atoms with Gasteiger partial charge >= 0.3 is 0 Å². The summed E-state index contributed by atoms with van der Waals surface area (Å²) < 4.78 is 0. The maximum Gasteiger partial charge on any atom is 0.273 e. The lowest BCUT2D eigenvalue weighted by atomic mass is 10.0. The number of nitrogens with one attached hydrogen (secondary N) is 1. The minimum Gasteiger partial charge on any atom is -0.369 e. The van der Waals surface area contributed by atoms with Gasteiger partial charge in [-0.2, -0.15) is 0 Å². The highest BCUT2D eigenvalue weighted by atomic mass is 16.2. The summed E-state index contributed by atoms with van der Waals surface area (Å²) in [6.07, 6.45) is 8.10.